The summed E-state index contributed by atoms with van der Waals surface area (Å²) >= 11 is 0. The number of benzene rings is 7. The van der Waals surface area contributed by atoms with E-state index in [1.165, 1.54) is 123 Å². The number of furan rings is 1. The maximum Gasteiger partial charge on any atom is 0.333 e. The van der Waals surface area contributed by atoms with E-state index in [-0.39, 0.29) is 23.1 Å². The third kappa shape index (κ3) is 3.83. The number of rotatable bonds is 1. The molecule has 0 fully saturated rings. The zero-order chi connectivity index (χ0) is 39.2. The molecule has 0 unspecified atom stereocenters. The topological polar surface area (TPSA) is 21.3 Å². The van der Waals surface area contributed by atoms with Gasteiger partial charge in [0.15, 0.2) is 5.58 Å². The van der Waals surface area contributed by atoms with Crippen LogP contribution in [0.5, 0.6) is 0 Å². The molecule has 3 nitrogen and oxygen atoms in total. The number of para-hydroxylation sites is 2. The van der Waals surface area contributed by atoms with Gasteiger partial charge in [-0.25, -0.2) is 0 Å². The SMILES string of the molecule is Cc1cc2c(cc1N1c3ccc4c(c3B3c5c1cc1ccccc1c5-c1cccc5c6oc7ccccc7c6n3c15)C(C)(C)c1ccccc1-4)C(C)(C)CCC2(C)C. The fraction of sp³-hybridized carbons (Fsp3) is 0.222. The van der Waals surface area contributed by atoms with Gasteiger partial charge >= 0.3 is 6.85 Å². The van der Waals surface area contributed by atoms with Crippen molar-refractivity contribution >= 4 is 78.6 Å². The summed E-state index contributed by atoms with van der Waals surface area (Å²) < 4.78 is 9.60. The Bertz CT molecular complexity index is 3350. The van der Waals surface area contributed by atoms with E-state index in [2.05, 4.69) is 179 Å². The van der Waals surface area contributed by atoms with E-state index >= 15 is 0 Å². The van der Waals surface area contributed by atoms with Crippen molar-refractivity contribution in [2.24, 2.45) is 0 Å². The molecule has 13 rings (SSSR count). The van der Waals surface area contributed by atoms with Crippen molar-refractivity contribution in [3.63, 3.8) is 0 Å². The van der Waals surface area contributed by atoms with Gasteiger partial charge in [0.1, 0.15) is 5.58 Å². The molecule has 0 bridgehead atoms. The van der Waals surface area contributed by atoms with Crippen molar-refractivity contribution in [1.29, 1.82) is 0 Å². The Labute approximate surface area is 340 Å². The zero-order valence-electron chi connectivity index (χ0n) is 34.3. The molecule has 2 aliphatic carbocycles. The molecule has 4 heterocycles. The molecular weight excluding hydrogens is 703 g/mol. The predicted octanol–water partition coefficient (Wildman–Crippen LogP) is 13.1. The Morgan fingerprint density at radius 1 is 0.552 bits per heavy atom. The van der Waals surface area contributed by atoms with E-state index in [4.69, 9.17) is 4.42 Å². The molecule has 7 aromatic carbocycles. The van der Waals surface area contributed by atoms with Crippen molar-refractivity contribution < 1.29 is 4.42 Å². The molecule has 280 valence electrons. The molecule has 4 heteroatoms. The zero-order valence-corrected chi connectivity index (χ0v) is 34.3. The van der Waals surface area contributed by atoms with E-state index in [1.54, 1.807) is 0 Å². The van der Waals surface area contributed by atoms with Crippen LogP contribution in [0.2, 0.25) is 0 Å². The minimum Gasteiger partial charge on any atom is -0.454 e. The van der Waals surface area contributed by atoms with Crippen LogP contribution in [-0.2, 0) is 16.2 Å². The Morgan fingerprint density at radius 2 is 1.24 bits per heavy atom. The Balaban J connectivity index is 1.25. The van der Waals surface area contributed by atoms with Crippen LogP contribution in [0.4, 0.5) is 17.1 Å². The predicted molar refractivity (Wildman–Crippen MR) is 245 cm³/mol. The van der Waals surface area contributed by atoms with Gasteiger partial charge in [0, 0.05) is 44.3 Å². The quantitative estimate of drug-likeness (QED) is 0.156. The summed E-state index contributed by atoms with van der Waals surface area (Å²) in [4.78, 5) is 2.68. The summed E-state index contributed by atoms with van der Waals surface area (Å²) in [6.07, 6.45) is 2.37. The van der Waals surface area contributed by atoms with Crippen LogP contribution in [0.3, 0.4) is 0 Å². The maximum absolute atomic E-state index is 6.89. The molecule has 0 saturated carbocycles. The van der Waals surface area contributed by atoms with Crippen LogP contribution in [0.15, 0.2) is 126 Å². The second kappa shape index (κ2) is 10.5. The number of fused-ring (bicyclic) bond motifs is 16. The molecular formula is C54H45BN2O. The molecule has 0 radical (unpaired) electrons. The lowest BCUT2D eigenvalue weighted by Crippen LogP contribution is -2.58. The highest BCUT2D eigenvalue weighted by molar-refractivity contribution is 6.91. The van der Waals surface area contributed by atoms with E-state index in [0.717, 1.165) is 11.2 Å². The third-order valence-electron chi connectivity index (χ3n) is 15.1. The van der Waals surface area contributed by atoms with Gasteiger partial charge in [-0.2, -0.15) is 0 Å². The number of hydrogen-bond donors (Lipinski definition) is 0. The largest absolute Gasteiger partial charge is 0.454 e. The van der Waals surface area contributed by atoms with Crippen molar-refractivity contribution in [3.8, 4) is 22.3 Å². The average Bonchev–Trinajstić information content (AvgIpc) is 3.83. The molecule has 0 N–H and O–H groups in total. The number of aromatic nitrogens is 1. The summed E-state index contributed by atoms with van der Waals surface area (Å²) in [6.45, 7) is 17.0. The summed E-state index contributed by atoms with van der Waals surface area (Å²) in [5.41, 5.74) is 23.4. The Kier molecular flexibility index (Phi) is 6.00. The molecule has 0 amide bonds. The third-order valence-corrected chi connectivity index (χ3v) is 15.1. The molecule has 0 saturated heterocycles. The second-order valence-corrected chi connectivity index (χ2v) is 19.5. The van der Waals surface area contributed by atoms with E-state index in [9.17, 15) is 0 Å². The average molecular weight is 749 g/mol. The van der Waals surface area contributed by atoms with Crippen molar-refractivity contribution in [2.45, 2.75) is 77.6 Å². The van der Waals surface area contributed by atoms with Gasteiger partial charge in [0.25, 0.3) is 0 Å². The number of hydrogen-bond acceptors (Lipinski definition) is 2. The van der Waals surface area contributed by atoms with Crippen LogP contribution in [-0.4, -0.2) is 11.3 Å². The minimum atomic E-state index is -0.227. The number of nitrogens with zero attached hydrogens (tertiary/aromatic N) is 2. The molecule has 0 spiro atoms. The fourth-order valence-electron chi connectivity index (χ4n) is 12.2. The van der Waals surface area contributed by atoms with Crippen LogP contribution < -0.4 is 15.8 Å². The van der Waals surface area contributed by atoms with Crippen molar-refractivity contribution in [3.05, 3.63) is 149 Å². The molecule has 0 atom stereocenters. The first kappa shape index (κ1) is 33.0. The molecule has 9 aromatic rings. The molecule has 4 aliphatic rings. The Hall–Kier alpha value is -6.00. The Morgan fingerprint density at radius 3 is 2.07 bits per heavy atom. The van der Waals surface area contributed by atoms with Gasteiger partial charge in [-0.15, -0.1) is 0 Å². The highest BCUT2D eigenvalue weighted by Gasteiger charge is 2.50. The molecule has 2 aliphatic heterocycles. The van der Waals surface area contributed by atoms with Crippen LogP contribution >= 0.6 is 0 Å². The molecule has 2 aromatic heterocycles. The lowest BCUT2D eigenvalue weighted by atomic mass is 9.43. The lowest BCUT2D eigenvalue weighted by molar-refractivity contribution is 0.332. The van der Waals surface area contributed by atoms with Crippen molar-refractivity contribution in [1.82, 2.24) is 4.48 Å². The van der Waals surface area contributed by atoms with E-state index in [1.807, 2.05) is 0 Å². The highest BCUT2D eigenvalue weighted by atomic mass is 16.3. The first-order valence-corrected chi connectivity index (χ1v) is 21.2. The lowest BCUT2D eigenvalue weighted by Gasteiger charge is -2.45. The van der Waals surface area contributed by atoms with Crippen LogP contribution in [0.1, 0.15) is 82.2 Å². The second-order valence-electron chi connectivity index (χ2n) is 19.5. The van der Waals surface area contributed by atoms with E-state index in [0.29, 0.717) is 0 Å². The summed E-state index contributed by atoms with van der Waals surface area (Å²) in [6, 6.07) is 46.3. The van der Waals surface area contributed by atoms with Gasteiger partial charge in [-0.1, -0.05) is 126 Å². The van der Waals surface area contributed by atoms with Crippen LogP contribution in [0.25, 0.3) is 66.0 Å². The summed E-state index contributed by atoms with van der Waals surface area (Å²) in [5, 5.41) is 4.91. The smallest absolute Gasteiger partial charge is 0.333 e. The summed E-state index contributed by atoms with van der Waals surface area (Å²) in [5.74, 6) is 0. The summed E-state index contributed by atoms with van der Waals surface area (Å²) in [7, 11) is 0. The highest BCUT2D eigenvalue weighted by Crippen LogP contribution is 2.55. The van der Waals surface area contributed by atoms with Gasteiger partial charge in [0.2, 0.25) is 0 Å². The fourth-order valence-corrected chi connectivity index (χ4v) is 12.2. The van der Waals surface area contributed by atoms with Gasteiger partial charge < -0.3 is 13.8 Å². The van der Waals surface area contributed by atoms with Crippen LogP contribution in [0, 0.1) is 6.92 Å². The monoisotopic (exact) mass is 748 g/mol. The van der Waals surface area contributed by atoms with E-state index < -0.39 is 0 Å². The first-order valence-electron chi connectivity index (χ1n) is 21.2. The standard InChI is InChI=1S/C54H45BN2O/c1-30-27-39-40(53(4,5)26-25-52(39,2)3)29-42(30)56-41-24-23-34-33-17-10-12-21-38(33)54(6,7)46(34)48(41)55-47-43(56)28-31-15-8-9-16-32(31)45(47)36-19-14-20-37-49(36)57(55)50-35-18-11-13-22-44(35)58-51(37)50/h8-24,27-29H,25-26H2,1-7H3. The first-order chi connectivity index (χ1) is 28.0. The van der Waals surface area contributed by atoms with Crippen molar-refractivity contribution in [2.75, 3.05) is 4.90 Å². The normalized spacial score (nSPS) is 17.4. The number of anilines is 3. The molecule has 58 heavy (non-hydrogen) atoms. The van der Waals surface area contributed by atoms with Gasteiger partial charge in [-0.05, 0) is 133 Å². The maximum atomic E-state index is 6.89. The number of aryl methyl sites for hydroxylation is 1. The van der Waals surface area contributed by atoms with Gasteiger partial charge in [-0.3, -0.25) is 0 Å². The van der Waals surface area contributed by atoms with Gasteiger partial charge in [0.05, 0.1) is 5.52 Å². The minimum absolute atomic E-state index is 0.0719.